The van der Waals surface area contributed by atoms with Gasteiger partial charge < -0.3 is 14.8 Å². The summed E-state index contributed by atoms with van der Waals surface area (Å²) >= 11 is 11.8. The standard InChI is InChI=1S/C13H13Cl2N3O2/c1-16-11-6-13(18-12(17-11)7-19-2)20-8-3-4-9(14)10(15)5-8/h3-6H,7H2,1-2H3,(H,16,17,18). The third kappa shape index (κ3) is 3.72. The van der Waals surface area contributed by atoms with Gasteiger partial charge in [-0.15, -0.1) is 0 Å². The highest BCUT2D eigenvalue weighted by molar-refractivity contribution is 6.42. The van der Waals surface area contributed by atoms with Crippen LogP contribution in [0, 0.1) is 0 Å². The van der Waals surface area contributed by atoms with Crippen LogP contribution in [0.4, 0.5) is 5.82 Å². The molecule has 1 heterocycles. The summed E-state index contributed by atoms with van der Waals surface area (Å²) in [4.78, 5) is 8.48. The quantitative estimate of drug-likeness (QED) is 0.910. The van der Waals surface area contributed by atoms with Crippen molar-refractivity contribution >= 4 is 29.0 Å². The molecule has 7 heteroatoms. The maximum Gasteiger partial charge on any atom is 0.224 e. The van der Waals surface area contributed by atoms with Crippen LogP contribution >= 0.6 is 23.2 Å². The Labute approximate surface area is 126 Å². The molecule has 0 bridgehead atoms. The van der Waals surface area contributed by atoms with Gasteiger partial charge in [0.25, 0.3) is 0 Å². The normalized spacial score (nSPS) is 10.4. The van der Waals surface area contributed by atoms with Gasteiger partial charge in [0.05, 0.1) is 10.0 Å². The van der Waals surface area contributed by atoms with Crippen molar-refractivity contribution in [2.24, 2.45) is 0 Å². The van der Waals surface area contributed by atoms with Crippen LogP contribution in [-0.2, 0) is 11.3 Å². The van der Waals surface area contributed by atoms with Crippen molar-refractivity contribution < 1.29 is 9.47 Å². The van der Waals surface area contributed by atoms with Crippen molar-refractivity contribution in [1.29, 1.82) is 0 Å². The van der Waals surface area contributed by atoms with Gasteiger partial charge in [0.1, 0.15) is 18.2 Å². The number of halogens is 2. The lowest BCUT2D eigenvalue weighted by Gasteiger charge is -2.09. The molecule has 20 heavy (non-hydrogen) atoms. The van der Waals surface area contributed by atoms with Gasteiger partial charge >= 0.3 is 0 Å². The van der Waals surface area contributed by atoms with E-state index in [1.165, 1.54) is 0 Å². The number of aromatic nitrogens is 2. The van der Waals surface area contributed by atoms with E-state index in [1.807, 2.05) is 0 Å². The molecule has 0 aliphatic carbocycles. The van der Waals surface area contributed by atoms with E-state index in [1.54, 1.807) is 38.4 Å². The number of nitrogens with one attached hydrogen (secondary N) is 1. The van der Waals surface area contributed by atoms with E-state index < -0.39 is 0 Å². The summed E-state index contributed by atoms with van der Waals surface area (Å²) in [6, 6.07) is 6.68. The van der Waals surface area contributed by atoms with Crippen molar-refractivity contribution in [3.05, 3.63) is 40.1 Å². The minimum Gasteiger partial charge on any atom is -0.439 e. The van der Waals surface area contributed by atoms with Crippen molar-refractivity contribution in [3.8, 4) is 11.6 Å². The van der Waals surface area contributed by atoms with Gasteiger partial charge in [-0.3, -0.25) is 0 Å². The van der Waals surface area contributed by atoms with Crippen LogP contribution in [0.3, 0.4) is 0 Å². The second-order valence-electron chi connectivity index (χ2n) is 3.87. The summed E-state index contributed by atoms with van der Waals surface area (Å²) in [5.74, 6) is 2.11. The summed E-state index contributed by atoms with van der Waals surface area (Å²) in [7, 11) is 3.34. The number of methoxy groups -OCH3 is 1. The first-order valence-electron chi connectivity index (χ1n) is 5.80. The number of benzene rings is 1. The Morgan fingerprint density at radius 1 is 1.15 bits per heavy atom. The average Bonchev–Trinajstić information content (AvgIpc) is 2.43. The molecule has 0 unspecified atom stereocenters. The molecule has 2 aromatic rings. The van der Waals surface area contributed by atoms with Gasteiger partial charge in [-0.1, -0.05) is 23.2 Å². The topological polar surface area (TPSA) is 56.3 Å². The summed E-state index contributed by atoms with van der Waals surface area (Å²) in [6.45, 7) is 0.299. The smallest absolute Gasteiger partial charge is 0.224 e. The molecule has 0 radical (unpaired) electrons. The molecule has 1 N–H and O–H groups in total. The SMILES string of the molecule is CNc1cc(Oc2ccc(Cl)c(Cl)c2)nc(COC)n1. The third-order valence-electron chi connectivity index (χ3n) is 2.39. The van der Waals surface area contributed by atoms with Crippen LogP contribution in [0.5, 0.6) is 11.6 Å². The number of hydrogen-bond donors (Lipinski definition) is 1. The summed E-state index contributed by atoms with van der Waals surface area (Å²) in [5.41, 5.74) is 0. The van der Waals surface area contributed by atoms with Crippen LogP contribution in [0.1, 0.15) is 5.82 Å². The Kier molecular flexibility index (Phi) is 5.00. The Morgan fingerprint density at radius 3 is 2.60 bits per heavy atom. The highest BCUT2D eigenvalue weighted by atomic mass is 35.5. The van der Waals surface area contributed by atoms with Gasteiger partial charge in [-0.05, 0) is 12.1 Å². The first-order chi connectivity index (χ1) is 9.62. The molecular weight excluding hydrogens is 301 g/mol. The van der Waals surface area contributed by atoms with Crippen LogP contribution in [0.2, 0.25) is 10.0 Å². The maximum atomic E-state index is 5.94. The number of rotatable bonds is 5. The molecule has 0 spiro atoms. The van der Waals surface area contributed by atoms with E-state index in [0.29, 0.717) is 39.9 Å². The van der Waals surface area contributed by atoms with E-state index in [2.05, 4.69) is 15.3 Å². The van der Waals surface area contributed by atoms with Gasteiger partial charge in [0.2, 0.25) is 5.88 Å². The molecule has 0 amide bonds. The van der Waals surface area contributed by atoms with Crippen LogP contribution in [0.25, 0.3) is 0 Å². The monoisotopic (exact) mass is 313 g/mol. The molecule has 2 rings (SSSR count). The molecule has 0 saturated heterocycles. The van der Waals surface area contributed by atoms with Crippen LogP contribution < -0.4 is 10.1 Å². The Hall–Kier alpha value is -1.56. The fourth-order valence-corrected chi connectivity index (χ4v) is 1.80. The van der Waals surface area contributed by atoms with Gasteiger partial charge in [0.15, 0.2) is 5.82 Å². The van der Waals surface area contributed by atoms with E-state index in [-0.39, 0.29) is 0 Å². The predicted molar refractivity (Wildman–Crippen MR) is 78.8 cm³/mol. The Morgan fingerprint density at radius 2 is 1.95 bits per heavy atom. The Balaban J connectivity index is 2.27. The van der Waals surface area contributed by atoms with Gasteiger partial charge in [-0.25, -0.2) is 4.98 Å². The lowest BCUT2D eigenvalue weighted by atomic mass is 10.3. The summed E-state index contributed by atoms with van der Waals surface area (Å²) in [5, 5.41) is 3.83. The van der Waals surface area contributed by atoms with Crippen LogP contribution in [0.15, 0.2) is 24.3 Å². The highest BCUT2D eigenvalue weighted by Gasteiger charge is 2.07. The fourth-order valence-electron chi connectivity index (χ4n) is 1.51. The molecule has 0 saturated carbocycles. The second kappa shape index (κ2) is 6.74. The van der Waals surface area contributed by atoms with Crippen LogP contribution in [-0.4, -0.2) is 24.1 Å². The van der Waals surface area contributed by atoms with Crippen molar-refractivity contribution in [2.75, 3.05) is 19.5 Å². The predicted octanol–water partition coefficient (Wildman–Crippen LogP) is 3.76. The zero-order valence-electron chi connectivity index (χ0n) is 11.0. The molecule has 106 valence electrons. The third-order valence-corrected chi connectivity index (χ3v) is 3.13. The molecule has 1 aromatic carbocycles. The fraction of sp³-hybridized carbons (Fsp3) is 0.231. The second-order valence-corrected chi connectivity index (χ2v) is 4.68. The number of hydrogen-bond acceptors (Lipinski definition) is 5. The van der Waals surface area contributed by atoms with Gasteiger partial charge in [0, 0.05) is 26.3 Å². The Bertz CT molecular complexity index is 608. The number of ether oxygens (including phenoxy) is 2. The highest BCUT2D eigenvalue weighted by Crippen LogP contribution is 2.29. The molecule has 0 fully saturated rings. The van der Waals surface area contributed by atoms with Crippen molar-refractivity contribution in [1.82, 2.24) is 9.97 Å². The van der Waals surface area contributed by atoms with E-state index in [9.17, 15) is 0 Å². The lowest BCUT2D eigenvalue weighted by Crippen LogP contribution is -2.02. The summed E-state index contributed by atoms with van der Waals surface area (Å²) in [6.07, 6.45) is 0. The first-order valence-corrected chi connectivity index (χ1v) is 6.55. The molecule has 5 nitrogen and oxygen atoms in total. The molecule has 0 aliphatic rings. The zero-order chi connectivity index (χ0) is 14.5. The minimum atomic E-state index is 0.299. The molecule has 0 aliphatic heterocycles. The largest absolute Gasteiger partial charge is 0.439 e. The molecule has 1 aromatic heterocycles. The van der Waals surface area contributed by atoms with E-state index in [4.69, 9.17) is 32.7 Å². The average molecular weight is 314 g/mol. The minimum absolute atomic E-state index is 0.299. The van der Waals surface area contributed by atoms with Gasteiger partial charge in [-0.2, -0.15) is 4.98 Å². The van der Waals surface area contributed by atoms with E-state index >= 15 is 0 Å². The summed E-state index contributed by atoms with van der Waals surface area (Å²) < 4.78 is 10.7. The first kappa shape index (κ1) is 14.8. The zero-order valence-corrected chi connectivity index (χ0v) is 12.5. The lowest BCUT2D eigenvalue weighted by molar-refractivity contribution is 0.177. The molecular formula is C13H13Cl2N3O2. The number of nitrogens with zero attached hydrogens (tertiary/aromatic N) is 2. The maximum absolute atomic E-state index is 5.94. The van der Waals surface area contributed by atoms with Crippen molar-refractivity contribution in [3.63, 3.8) is 0 Å². The van der Waals surface area contributed by atoms with E-state index in [0.717, 1.165) is 0 Å². The number of anilines is 1. The molecule has 0 atom stereocenters. The van der Waals surface area contributed by atoms with Crippen molar-refractivity contribution in [2.45, 2.75) is 6.61 Å².